The maximum Gasteiger partial charge on any atom is 0.333 e. The number of esters is 2. The lowest BCUT2D eigenvalue weighted by molar-refractivity contribution is -0.274. The largest absolute Gasteiger partial charge is 0.457 e. The summed E-state index contributed by atoms with van der Waals surface area (Å²) >= 11 is 0. The van der Waals surface area contributed by atoms with E-state index >= 15 is 0 Å². The van der Waals surface area contributed by atoms with Crippen LogP contribution in [0.1, 0.15) is 47.0 Å². The van der Waals surface area contributed by atoms with Gasteiger partial charge >= 0.3 is 11.9 Å². The number of fused-ring (bicyclic) bond motifs is 2. The Hall–Kier alpha value is -1.66. The van der Waals surface area contributed by atoms with E-state index in [1.165, 1.54) is 0 Å². The van der Waals surface area contributed by atoms with Crippen molar-refractivity contribution in [3.05, 3.63) is 22.8 Å². The van der Waals surface area contributed by atoms with E-state index in [0.717, 1.165) is 24.8 Å². The Morgan fingerprint density at radius 1 is 1.38 bits per heavy atom. The van der Waals surface area contributed by atoms with E-state index in [1.54, 1.807) is 19.9 Å². The maximum absolute atomic E-state index is 12.6. The second kappa shape index (κ2) is 5.67. The van der Waals surface area contributed by atoms with E-state index in [-0.39, 0.29) is 24.4 Å². The van der Waals surface area contributed by atoms with Crippen LogP contribution in [0.4, 0.5) is 0 Å². The third-order valence-electron chi connectivity index (χ3n) is 7.00. The number of ether oxygens (including phenoxy) is 3. The van der Waals surface area contributed by atoms with Crippen LogP contribution in [0.25, 0.3) is 0 Å². The summed E-state index contributed by atoms with van der Waals surface area (Å²) < 4.78 is 17.3. The van der Waals surface area contributed by atoms with E-state index in [0.29, 0.717) is 11.1 Å². The van der Waals surface area contributed by atoms with Crippen LogP contribution in [0.2, 0.25) is 0 Å². The predicted molar refractivity (Wildman–Crippen MR) is 91.7 cm³/mol. The second-order valence-electron chi connectivity index (χ2n) is 8.25. The molecule has 4 aliphatic rings. The van der Waals surface area contributed by atoms with Gasteiger partial charge in [0.2, 0.25) is 5.79 Å². The predicted octanol–water partition coefficient (Wildman–Crippen LogP) is 2.26. The minimum absolute atomic E-state index is 0.203. The van der Waals surface area contributed by atoms with Crippen molar-refractivity contribution < 1.29 is 28.9 Å². The van der Waals surface area contributed by atoms with Gasteiger partial charge in [0.1, 0.15) is 6.10 Å². The lowest BCUT2D eigenvalue weighted by atomic mass is 9.52. The fraction of sp³-hybridized carbons (Fsp3) is 0.700. The molecule has 0 aromatic carbocycles. The zero-order chi connectivity index (χ0) is 18.9. The van der Waals surface area contributed by atoms with Crippen molar-refractivity contribution >= 4 is 11.9 Å². The molecule has 2 heterocycles. The molecule has 2 aliphatic heterocycles. The summed E-state index contributed by atoms with van der Waals surface area (Å²) in [6.07, 6.45) is 2.67. The number of carbonyl (C=O) groups excluding carboxylic acids is 2. The number of aliphatic hydroxyl groups is 1. The van der Waals surface area contributed by atoms with Crippen LogP contribution in [0.15, 0.2) is 22.8 Å². The smallest absolute Gasteiger partial charge is 0.333 e. The highest BCUT2D eigenvalue weighted by Gasteiger charge is 2.73. The Kier molecular flexibility index (Phi) is 3.87. The quantitative estimate of drug-likeness (QED) is 0.461. The third-order valence-corrected chi connectivity index (χ3v) is 7.00. The fourth-order valence-corrected chi connectivity index (χ4v) is 5.43. The van der Waals surface area contributed by atoms with E-state index in [1.807, 2.05) is 13.8 Å². The molecule has 0 unspecified atom stereocenters. The molecule has 2 saturated carbocycles. The van der Waals surface area contributed by atoms with Crippen LogP contribution in [0.3, 0.4) is 0 Å². The van der Waals surface area contributed by atoms with Crippen LogP contribution in [0.5, 0.6) is 0 Å². The average molecular weight is 362 g/mol. The summed E-state index contributed by atoms with van der Waals surface area (Å²) in [5, 5.41) is 11.4. The van der Waals surface area contributed by atoms with Crippen LogP contribution < -0.4 is 0 Å². The summed E-state index contributed by atoms with van der Waals surface area (Å²) in [4.78, 5) is 25.1. The molecule has 0 aromatic heterocycles. The van der Waals surface area contributed by atoms with Crippen LogP contribution >= 0.6 is 0 Å². The van der Waals surface area contributed by atoms with Gasteiger partial charge in [-0.2, -0.15) is 0 Å². The van der Waals surface area contributed by atoms with Gasteiger partial charge in [0.15, 0.2) is 6.10 Å². The number of allylic oxidation sites excluding steroid dienone is 1. The van der Waals surface area contributed by atoms with Gasteiger partial charge in [-0.15, -0.1) is 0 Å². The lowest BCUT2D eigenvalue weighted by Gasteiger charge is -2.55. The maximum atomic E-state index is 12.6. The van der Waals surface area contributed by atoms with Crippen LogP contribution in [-0.2, 0) is 23.8 Å². The molecule has 6 heteroatoms. The summed E-state index contributed by atoms with van der Waals surface area (Å²) in [5.74, 6) is -2.84. The Labute approximate surface area is 153 Å². The highest BCUT2D eigenvalue weighted by atomic mass is 16.7. The first-order chi connectivity index (χ1) is 12.2. The van der Waals surface area contributed by atoms with Crippen molar-refractivity contribution in [2.24, 2.45) is 17.3 Å². The number of hydrogen-bond acceptors (Lipinski definition) is 6. The van der Waals surface area contributed by atoms with Gasteiger partial charge < -0.3 is 19.3 Å². The molecule has 0 amide bonds. The zero-order valence-electron chi connectivity index (χ0n) is 15.7. The summed E-state index contributed by atoms with van der Waals surface area (Å²) in [6, 6.07) is 0. The lowest BCUT2D eigenvalue weighted by Crippen LogP contribution is -2.65. The molecule has 0 radical (unpaired) electrons. The molecule has 2 aliphatic carbocycles. The minimum atomic E-state index is -1.73. The second-order valence-corrected chi connectivity index (χ2v) is 8.25. The van der Waals surface area contributed by atoms with Crippen molar-refractivity contribution in [2.75, 3.05) is 6.61 Å². The zero-order valence-corrected chi connectivity index (χ0v) is 15.7. The summed E-state index contributed by atoms with van der Waals surface area (Å²) in [5.41, 5.74) is 1.40. The molecule has 6 nitrogen and oxygen atoms in total. The van der Waals surface area contributed by atoms with Crippen molar-refractivity contribution in [3.8, 4) is 0 Å². The van der Waals surface area contributed by atoms with E-state index < -0.39 is 29.4 Å². The monoisotopic (exact) mass is 362 g/mol. The third kappa shape index (κ3) is 2.06. The van der Waals surface area contributed by atoms with Crippen molar-refractivity contribution in [2.45, 2.75) is 65.0 Å². The average Bonchev–Trinajstić information content (AvgIpc) is 3.05. The minimum Gasteiger partial charge on any atom is -0.457 e. The van der Waals surface area contributed by atoms with Gasteiger partial charge in [-0.1, -0.05) is 19.4 Å². The summed E-state index contributed by atoms with van der Waals surface area (Å²) in [7, 11) is 0. The van der Waals surface area contributed by atoms with E-state index in [9.17, 15) is 14.7 Å². The Balaban J connectivity index is 1.84. The van der Waals surface area contributed by atoms with Gasteiger partial charge in [-0.05, 0) is 39.2 Å². The molecular formula is C20H26O6. The van der Waals surface area contributed by atoms with Gasteiger partial charge in [-0.25, -0.2) is 4.79 Å². The fourth-order valence-electron chi connectivity index (χ4n) is 5.43. The number of carbonyl (C=O) groups is 2. The van der Waals surface area contributed by atoms with Gasteiger partial charge in [-0.3, -0.25) is 4.79 Å². The van der Waals surface area contributed by atoms with Crippen LogP contribution in [-0.4, -0.2) is 41.6 Å². The Morgan fingerprint density at radius 2 is 2.12 bits per heavy atom. The molecule has 1 N–H and O–H groups in total. The standard InChI is InChI=1S/C20H26O6/c1-5-10(2)17(21)25-15-12-7-6-8-13-18(22)26-16(19(12,13)4)14-11(3)9-24-20(14,15)23/h5,12-13,15-16,23H,6-9H2,1-4H3/b10-5-/t12-,13-,15+,16+,19+,20-/m1/s1. The van der Waals surface area contributed by atoms with Crippen molar-refractivity contribution in [1.29, 1.82) is 0 Å². The van der Waals surface area contributed by atoms with E-state index in [4.69, 9.17) is 14.2 Å². The first-order valence-electron chi connectivity index (χ1n) is 9.36. The molecule has 142 valence electrons. The molecule has 0 bridgehead atoms. The van der Waals surface area contributed by atoms with Crippen molar-refractivity contribution in [1.82, 2.24) is 0 Å². The molecular weight excluding hydrogens is 336 g/mol. The summed E-state index contributed by atoms with van der Waals surface area (Å²) in [6.45, 7) is 7.61. The van der Waals surface area contributed by atoms with Gasteiger partial charge in [0, 0.05) is 22.5 Å². The first-order valence-corrected chi connectivity index (χ1v) is 9.36. The molecule has 6 atom stereocenters. The first kappa shape index (κ1) is 17.7. The molecule has 4 rings (SSSR count). The number of hydrogen-bond donors (Lipinski definition) is 1. The molecule has 3 fully saturated rings. The normalized spacial score (nSPS) is 44.5. The highest BCUT2D eigenvalue weighted by molar-refractivity contribution is 5.88. The Bertz CT molecular complexity index is 737. The van der Waals surface area contributed by atoms with Gasteiger partial charge in [0.05, 0.1) is 12.5 Å². The number of rotatable bonds is 2. The molecule has 26 heavy (non-hydrogen) atoms. The van der Waals surface area contributed by atoms with Crippen LogP contribution in [0, 0.1) is 17.3 Å². The highest BCUT2D eigenvalue weighted by Crippen LogP contribution is 2.64. The molecule has 0 aromatic rings. The molecule has 0 spiro atoms. The van der Waals surface area contributed by atoms with Gasteiger partial charge in [0.25, 0.3) is 0 Å². The van der Waals surface area contributed by atoms with E-state index in [2.05, 4.69) is 0 Å². The SMILES string of the molecule is C/C=C(/C)C(=O)O[C@H]1[C@H]2CCC[C@@H]3C(=O)O[C@@H](C4=C(C)CO[C@]41O)[C@]32C. The molecule has 1 saturated heterocycles. The van der Waals surface area contributed by atoms with Crippen molar-refractivity contribution in [3.63, 3.8) is 0 Å². The topological polar surface area (TPSA) is 82.1 Å². The Morgan fingerprint density at radius 3 is 2.81 bits per heavy atom.